The summed E-state index contributed by atoms with van der Waals surface area (Å²) in [7, 11) is 2.08. The zero-order valence-corrected chi connectivity index (χ0v) is 24.2. The summed E-state index contributed by atoms with van der Waals surface area (Å²) >= 11 is 5.43. The van der Waals surface area contributed by atoms with E-state index in [-0.39, 0.29) is 30.1 Å². The number of hydrogen-bond acceptors (Lipinski definition) is 6. The lowest BCUT2D eigenvalue weighted by Gasteiger charge is -2.37. The number of amides is 1. The van der Waals surface area contributed by atoms with Gasteiger partial charge in [-0.05, 0) is 90.8 Å². The lowest BCUT2D eigenvalue weighted by molar-refractivity contribution is 0.0915. The van der Waals surface area contributed by atoms with E-state index in [1.807, 2.05) is 17.7 Å². The van der Waals surface area contributed by atoms with Crippen LogP contribution in [0, 0.1) is 20.7 Å². The van der Waals surface area contributed by atoms with E-state index in [1.54, 1.807) is 6.20 Å². The lowest BCUT2D eigenvalue weighted by atomic mass is 9.95. The summed E-state index contributed by atoms with van der Waals surface area (Å²) < 4.78 is 24.8. The van der Waals surface area contributed by atoms with Gasteiger partial charge in [-0.3, -0.25) is 9.58 Å². The first-order valence-corrected chi connectivity index (χ1v) is 14.2. The van der Waals surface area contributed by atoms with Crippen molar-refractivity contribution in [2.75, 3.05) is 20.1 Å². The second-order valence-corrected chi connectivity index (χ2v) is 11.8. The van der Waals surface area contributed by atoms with Crippen LogP contribution in [0.1, 0.15) is 45.1 Å². The number of likely N-dealkylation sites (tertiary alicyclic amines) is 2. The van der Waals surface area contributed by atoms with Crippen molar-refractivity contribution in [2.45, 2.75) is 63.3 Å². The van der Waals surface area contributed by atoms with Gasteiger partial charge in [-0.15, -0.1) is 0 Å². The molecule has 4 heterocycles. The molecule has 2 fully saturated rings. The molecule has 0 aliphatic carbocycles. The van der Waals surface area contributed by atoms with Crippen molar-refractivity contribution in [3.8, 4) is 11.9 Å². The fourth-order valence-electron chi connectivity index (χ4n) is 5.78. The van der Waals surface area contributed by atoms with Crippen LogP contribution < -0.4 is 4.74 Å². The van der Waals surface area contributed by atoms with Gasteiger partial charge in [-0.1, -0.05) is 0 Å². The Balaban J connectivity index is 1.63. The monoisotopic (exact) mass is 684 g/mol. The average Bonchev–Trinajstić information content (AvgIpc) is 3.50. The van der Waals surface area contributed by atoms with Crippen LogP contribution in [0.4, 0.5) is 9.18 Å². The van der Waals surface area contributed by atoms with Crippen LogP contribution in [0.5, 0.6) is 5.88 Å². The fraction of sp³-hybridized carbons (Fsp3) is 0.520. The Labute approximate surface area is 235 Å². The number of carboxylic acid groups (broad SMARTS) is 1. The number of benzene rings is 1. The minimum Gasteiger partial charge on any atom is -0.472 e. The van der Waals surface area contributed by atoms with Crippen molar-refractivity contribution < 1.29 is 19.0 Å². The molecule has 2 saturated heterocycles. The predicted molar refractivity (Wildman–Crippen MR) is 148 cm³/mol. The summed E-state index contributed by atoms with van der Waals surface area (Å²) in [5.74, 6) is -0.125. The second kappa shape index (κ2) is 10.5. The van der Waals surface area contributed by atoms with Gasteiger partial charge >= 0.3 is 6.09 Å². The SMILES string of the molecule is C[C@H](Oc1nc2c(F)c(Br)c(I)cc2c2c1cnn2[C@H]1CCN(C(=O)O)[C@H](CC#N)C1)C1CCCN1C. The maximum Gasteiger partial charge on any atom is 0.407 e. The van der Waals surface area contributed by atoms with Crippen LogP contribution in [0.3, 0.4) is 0 Å². The molecule has 0 spiro atoms. The number of likely N-dealkylation sites (N-methyl/N-ethyl adjacent to an activating group) is 1. The van der Waals surface area contributed by atoms with E-state index in [1.165, 1.54) is 4.90 Å². The molecule has 0 radical (unpaired) electrons. The van der Waals surface area contributed by atoms with E-state index in [4.69, 9.17) is 9.84 Å². The molecule has 0 bridgehead atoms. The summed E-state index contributed by atoms with van der Waals surface area (Å²) in [6.07, 6.45) is 3.73. The summed E-state index contributed by atoms with van der Waals surface area (Å²) in [5.41, 5.74) is 0.904. The van der Waals surface area contributed by atoms with Crippen molar-refractivity contribution in [2.24, 2.45) is 0 Å². The molecule has 4 atom stereocenters. The van der Waals surface area contributed by atoms with Crippen LogP contribution in [0.15, 0.2) is 16.7 Å². The molecule has 1 amide bonds. The Morgan fingerprint density at radius 3 is 2.86 bits per heavy atom. The number of carbonyl (C=O) groups is 1. The molecule has 1 aromatic carbocycles. The van der Waals surface area contributed by atoms with Crippen LogP contribution in [0.2, 0.25) is 0 Å². The van der Waals surface area contributed by atoms with Gasteiger partial charge in [0.15, 0.2) is 5.82 Å². The smallest absolute Gasteiger partial charge is 0.407 e. The van der Waals surface area contributed by atoms with Crippen molar-refractivity contribution in [1.82, 2.24) is 24.6 Å². The highest BCUT2D eigenvalue weighted by Gasteiger charge is 2.35. The van der Waals surface area contributed by atoms with Gasteiger partial charge in [0, 0.05) is 21.5 Å². The zero-order valence-electron chi connectivity index (χ0n) is 20.5. The number of hydrogen-bond donors (Lipinski definition) is 1. The number of ether oxygens (including phenoxy) is 1. The van der Waals surface area contributed by atoms with Crippen LogP contribution in [0.25, 0.3) is 21.8 Å². The average molecular weight is 685 g/mol. The Hall–Kier alpha value is -2.24. The standard InChI is InChI=1S/C25H27BrFIN6O3/c1-13(19-4-3-8-32(19)2)37-24-17-12-30-34(15-6-9-33(25(35)36)14(10-15)5-7-29)23(17)16-11-18(28)20(26)21(27)22(16)31-24/h11-15,19H,3-6,8-10H2,1-2H3,(H,35,36)/t13-,14+,15-,19?/m0/s1. The second-order valence-electron chi connectivity index (χ2n) is 9.83. The third-order valence-corrected chi connectivity index (χ3v) is 10.0. The Kier molecular flexibility index (Phi) is 7.48. The van der Waals surface area contributed by atoms with Gasteiger partial charge < -0.3 is 14.7 Å². The number of rotatable bonds is 5. The van der Waals surface area contributed by atoms with E-state index >= 15 is 4.39 Å². The van der Waals surface area contributed by atoms with Crippen molar-refractivity contribution in [3.05, 3.63) is 26.1 Å². The van der Waals surface area contributed by atoms with Gasteiger partial charge in [0.25, 0.3) is 0 Å². The lowest BCUT2D eigenvalue weighted by Crippen LogP contribution is -2.45. The highest BCUT2D eigenvalue weighted by molar-refractivity contribution is 14.1. The van der Waals surface area contributed by atoms with Crippen molar-refractivity contribution in [3.63, 3.8) is 0 Å². The first-order valence-electron chi connectivity index (χ1n) is 12.3. The third-order valence-electron chi connectivity index (χ3n) is 7.65. The maximum absolute atomic E-state index is 15.5. The van der Waals surface area contributed by atoms with Crippen LogP contribution in [-0.2, 0) is 0 Å². The molecule has 37 heavy (non-hydrogen) atoms. The highest BCUT2D eigenvalue weighted by Crippen LogP contribution is 2.40. The molecule has 5 rings (SSSR count). The predicted octanol–water partition coefficient (Wildman–Crippen LogP) is 5.55. The summed E-state index contributed by atoms with van der Waals surface area (Å²) in [5, 5.41) is 24.9. The molecular formula is C25H27BrFIN6O3. The van der Waals surface area contributed by atoms with E-state index in [9.17, 15) is 15.2 Å². The number of piperidine rings is 1. The van der Waals surface area contributed by atoms with Crippen molar-refractivity contribution in [1.29, 1.82) is 5.26 Å². The molecule has 1 N–H and O–H groups in total. The van der Waals surface area contributed by atoms with E-state index in [0.717, 1.165) is 19.4 Å². The maximum atomic E-state index is 15.5. The molecule has 3 aromatic rings. The van der Waals surface area contributed by atoms with Crippen LogP contribution in [-0.4, -0.2) is 74.1 Å². The Morgan fingerprint density at radius 1 is 1.41 bits per heavy atom. The first-order chi connectivity index (χ1) is 17.7. The van der Waals surface area contributed by atoms with Crippen molar-refractivity contribution >= 4 is 66.4 Å². The minimum absolute atomic E-state index is 0.102. The minimum atomic E-state index is -1.03. The number of nitriles is 1. The molecule has 0 saturated carbocycles. The number of halogens is 3. The number of fused-ring (bicyclic) bond motifs is 3. The topological polar surface area (TPSA) is 108 Å². The normalized spacial score (nSPS) is 23.5. The summed E-state index contributed by atoms with van der Waals surface area (Å²) in [4.78, 5) is 20.0. The number of pyridine rings is 1. The Bertz CT molecular complexity index is 1410. The molecule has 196 valence electrons. The summed E-state index contributed by atoms with van der Waals surface area (Å²) in [6, 6.07) is 3.64. The molecule has 12 heteroatoms. The van der Waals surface area contributed by atoms with Gasteiger partial charge in [0.1, 0.15) is 11.6 Å². The number of nitrogens with zero attached hydrogens (tertiary/aromatic N) is 6. The van der Waals surface area contributed by atoms with Gasteiger partial charge in [-0.25, -0.2) is 14.2 Å². The summed E-state index contributed by atoms with van der Waals surface area (Å²) in [6.45, 7) is 3.32. The highest BCUT2D eigenvalue weighted by atomic mass is 127. The Morgan fingerprint density at radius 2 is 2.19 bits per heavy atom. The van der Waals surface area contributed by atoms with Crippen LogP contribution >= 0.6 is 38.5 Å². The fourth-order valence-corrected chi connectivity index (χ4v) is 6.63. The van der Waals surface area contributed by atoms with Gasteiger partial charge in [0.05, 0.1) is 46.1 Å². The molecule has 2 aromatic heterocycles. The van der Waals surface area contributed by atoms with Gasteiger partial charge in [-0.2, -0.15) is 10.4 Å². The van der Waals surface area contributed by atoms with E-state index in [0.29, 0.717) is 49.6 Å². The quantitative estimate of drug-likeness (QED) is 0.278. The zero-order chi connectivity index (χ0) is 26.4. The number of aromatic nitrogens is 3. The molecular weight excluding hydrogens is 658 g/mol. The largest absolute Gasteiger partial charge is 0.472 e. The van der Waals surface area contributed by atoms with E-state index < -0.39 is 18.0 Å². The molecule has 2 aliphatic heterocycles. The first kappa shape index (κ1) is 26.4. The van der Waals surface area contributed by atoms with E-state index in [2.05, 4.69) is 61.5 Å². The molecule has 9 nitrogen and oxygen atoms in total. The van der Waals surface area contributed by atoms with Gasteiger partial charge in [0.2, 0.25) is 5.88 Å². The molecule has 1 unspecified atom stereocenters. The third kappa shape index (κ3) is 4.74. The molecule has 2 aliphatic rings.